The fourth-order valence-electron chi connectivity index (χ4n) is 3.39. The van der Waals surface area contributed by atoms with E-state index in [0.717, 1.165) is 23.0 Å². The van der Waals surface area contributed by atoms with Gasteiger partial charge in [0.1, 0.15) is 28.2 Å². The Labute approximate surface area is 196 Å². The molecular weight excluding hydrogens is 475 g/mol. The average molecular weight is 501 g/mol. The van der Waals surface area contributed by atoms with Crippen LogP contribution < -0.4 is 10.3 Å². The highest BCUT2D eigenvalue weighted by Crippen LogP contribution is 2.27. The van der Waals surface area contributed by atoms with Crippen LogP contribution in [0.5, 0.6) is 5.75 Å². The molecule has 1 aliphatic rings. The van der Waals surface area contributed by atoms with Gasteiger partial charge in [-0.2, -0.15) is 0 Å². The van der Waals surface area contributed by atoms with E-state index >= 15 is 0 Å². The summed E-state index contributed by atoms with van der Waals surface area (Å²) in [7, 11) is -3.73. The van der Waals surface area contributed by atoms with Crippen LogP contribution in [-0.4, -0.2) is 55.0 Å². The predicted octanol–water partition coefficient (Wildman–Crippen LogP) is 3.81. The summed E-state index contributed by atoms with van der Waals surface area (Å²) in [6, 6.07) is 4.58. The number of aromatic nitrogens is 1. The van der Waals surface area contributed by atoms with Gasteiger partial charge in [-0.25, -0.2) is 17.6 Å². The van der Waals surface area contributed by atoms with E-state index in [1.165, 1.54) is 18.3 Å². The fraction of sp³-hybridized carbons (Fsp3) is 0.455. The number of hydrogen-bond donors (Lipinski definition) is 0. The summed E-state index contributed by atoms with van der Waals surface area (Å²) in [6.45, 7) is 6.30. The number of carbonyl (C=O) groups excluding carboxylic acids is 1. The summed E-state index contributed by atoms with van der Waals surface area (Å²) >= 11 is 6.31. The number of rotatable bonds is 4. The normalized spacial score (nSPS) is 15.4. The Morgan fingerprint density at radius 3 is 2.36 bits per heavy atom. The highest BCUT2D eigenvalue weighted by Gasteiger charge is 2.28. The lowest BCUT2D eigenvalue weighted by Crippen LogP contribution is -2.44. The number of amides is 1. The molecule has 180 valence electrons. The van der Waals surface area contributed by atoms with Crippen LogP contribution in [0.1, 0.15) is 33.6 Å². The summed E-state index contributed by atoms with van der Waals surface area (Å²) in [5, 5.41) is 0.136. The molecule has 0 unspecified atom stereocenters. The second-order valence-electron chi connectivity index (χ2n) is 8.87. The van der Waals surface area contributed by atoms with E-state index in [9.17, 15) is 22.4 Å². The van der Waals surface area contributed by atoms with E-state index in [-0.39, 0.29) is 28.7 Å². The van der Waals surface area contributed by atoms with Gasteiger partial charge in [-0.3, -0.25) is 9.36 Å². The molecule has 0 aliphatic carbocycles. The highest BCUT2D eigenvalue weighted by molar-refractivity contribution is 7.90. The van der Waals surface area contributed by atoms with Crippen molar-refractivity contribution >= 4 is 27.5 Å². The van der Waals surface area contributed by atoms with Crippen molar-refractivity contribution < 1.29 is 27.1 Å². The Bertz CT molecular complexity index is 1210. The van der Waals surface area contributed by atoms with Crippen LogP contribution in [-0.2, 0) is 14.6 Å². The van der Waals surface area contributed by atoms with Gasteiger partial charge in [0.25, 0.3) is 5.56 Å². The van der Waals surface area contributed by atoms with Gasteiger partial charge in [0.05, 0.1) is 10.7 Å². The van der Waals surface area contributed by atoms with E-state index < -0.39 is 31.7 Å². The Hall–Kier alpha value is -2.59. The Morgan fingerprint density at radius 2 is 1.82 bits per heavy atom. The van der Waals surface area contributed by atoms with Gasteiger partial charge < -0.3 is 14.4 Å². The number of benzene rings is 1. The summed E-state index contributed by atoms with van der Waals surface area (Å²) in [4.78, 5) is 26.0. The molecule has 3 rings (SSSR count). The third-order valence-corrected chi connectivity index (χ3v) is 6.36. The molecule has 0 radical (unpaired) electrons. The van der Waals surface area contributed by atoms with E-state index in [1.54, 1.807) is 25.7 Å². The summed E-state index contributed by atoms with van der Waals surface area (Å²) in [6.07, 6.45) is 2.65. The first kappa shape index (κ1) is 25.0. The monoisotopic (exact) mass is 500 g/mol. The van der Waals surface area contributed by atoms with Crippen LogP contribution in [0.15, 0.2) is 40.2 Å². The van der Waals surface area contributed by atoms with E-state index in [1.807, 2.05) is 0 Å². The van der Waals surface area contributed by atoms with Crippen LogP contribution in [0.3, 0.4) is 0 Å². The lowest BCUT2D eigenvalue weighted by molar-refractivity contribution is 0.0126. The lowest BCUT2D eigenvalue weighted by atomic mass is 10.1. The fourth-order valence-corrected chi connectivity index (χ4v) is 4.31. The van der Waals surface area contributed by atoms with Crippen molar-refractivity contribution in [2.75, 3.05) is 19.3 Å². The number of nitrogens with zero attached hydrogens (tertiary/aromatic N) is 2. The predicted molar refractivity (Wildman–Crippen MR) is 122 cm³/mol. The summed E-state index contributed by atoms with van der Waals surface area (Å²) in [5.74, 6) is -0.781. The zero-order chi connectivity index (χ0) is 24.6. The molecule has 1 aromatic heterocycles. The molecular formula is C22H26ClFN2O6S. The number of carbonyl (C=O) groups is 1. The molecule has 2 aromatic rings. The minimum absolute atomic E-state index is 0.129. The topological polar surface area (TPSA) is 94.9 Å². The molecule has 1 aliphatic heterocycles. The quantitative estimate of drug-likeness (QED) is 0.633. The van der Waals surface area contributed by atoms with E-state index in [0.29, 0.717) is 25.9 Å². The summed E-state index contributed by atoms with van der Waals surface area (Å²) in [5.41, 5.74) is -0.966. The van der Waals surface area contributed by atoms with Crippen molar-refractivity contribution in [3.05, 3.63) is 51.7 Å². The van der Waals surface area contributed by atoms with Gasteiger partial charge in [0.15, 0.2) is 9.84 Å². The first-order valence-corrected chi connectivity index (χ1v) is 12.6. The van der Waals surface area contributed by atoms with Crippen LogP contribution in [0.4, 0.5) is 9.18 Å². The van der Waals surface area contributed by atoms with Crippen LogP contribution in [0.25, 0.3) is 5.69 Å². The van der Waals surface area contributed by atoms with Crippen LogP contribution in [0.2, 0.25) is 5.02 Å². The second-order valence-corrected chi connectivity index (χ2v) is 11.3. The largest absolute Gasteiger partial charge is 0.488 e. The molecule has 1 amide bonds. The molecule has 0 bridgehead atoms. The van der Waals surface area contributed by atoms with Crippen LogP contribution in [0, 0.1) is 5.82 Å². The first-order chi connectivity index (χ1) is 15.2. The number of hydrogen-bond acceptors (Lipinski definition) is 6. The van der Waals surface area contributed by atoms with Gasteiger partial charge in [-0.1, -0.05) is 11.6 Å². The van der Waals surface area contributed by atoms with Crippen molar-refractivity contribution in [2.24, 2.45) is 0 Å². The highest BCUT2D eigenvalue weighted by atomic mass is 35.5. The molecule has 11 heteroatoms. The zero-order valence-corrected chi connectivity index (χ0v) is 20.4. The first-order valence-electron chi connectivity index (χ1n) is 10.3. The molecule has 2 heterocycles. The molecule has 33 heavy (non-hydrogen) atoms. The molecule has 1 saturated heterocycles. The number of halogens is 2. The van der Waals surface area contributed by atoms with Crippen molar-refractivity contribution in [3.8, 4) is 11.4 Å². The molecule has 0 atom stereocenters. The van der Waals surface area contributed by atoms with Crippen molar-refractivity contribution in [1.82, 2.24) is 9.47 Å². The third kappa shape index (κ3) is 6.26. The van der Waals surface area contributed by atoms with Crippen LogP contribution >= 0.6 is 11.6 Å². The van der Waals surface area contributed by atoms with Crippen molar-refractivity contribution in [2.45, 2.75) is 50.2 Å². The standard InChI is InChI=1S/C22H26ClFN2O6S/c1-22(2,3)32-21(28)25-9-7-15(8-10-25)31-18-12-20(27)26(13-16(18)23)14-5-6-19(17(24)11-14)33(4,29)30/h5-6,11-13,15H,7-10H2,1-4H3. The Balaban J connectivity index is 1.71. The maximum Gasteiger partial charge on any atom is 0.410 e. The van der Waals surface area contributed by atoms with Gasteiger partial charge in [-0.05, 0) is 39.0 Å². The van der Waals surface area contributed by atoms with Gasteiger partial charge in [-0.15, -0.1) is 0 Å². The van der Waals surface area contributed by atoms with Gasteiger partial charge in [0.2, 0.25) is 0 Å². The average Bonchev–Trinajstić information content (AvgIpc) is 2.68. The van der Waals surface area contributed by atoms with E-state index in [2.05, 4.69) is 0 Å². The molecule has 1 aromatic carbocycles. The maximum absolute atomic E-state index is 14.2. The number of pyridine rings is 1. The SMILES string of the molecule is CC(C)(C)OC(=O)N1CCC(Oc2cc(=O)n(-c3ccc(S(C)(=O)=O)c(F)c3)cc2Cl)CC1. The molecule has 8 nitrogen and oxygen atoms in total. The third-order valence-electron chi connectivity index (χ3n) is 4.95. The number of sulfone groups is 1. The minimum atomic E-state index is -3.73. The lowest BCUT2D eigenvalue weighted by Gasteiger charge is -2.33. The van der Waals surface area contributed by atoms with Gasteiger partial charge >= 0.3 is 6.09 Å². The smallest absolute Gasteiger partial charge is 0.410 e. The molecule has 0 N–H and O–H groups in total. The molecule has 0 spiro atoms. The van der Waals surface area contributed by atoms with Crippen molar-refractivity contribution in [1.29, 1.82) is 0 Å². The number of ether oxygens (including phenoxy) is 2. The van der Waals surface area contributed by atoms with E-state index in [4.69, 9.17) is 21.1 Å². The summed E-state index contributed by atoms with van der Waals surface area (Å²) < 4.78 is 49.8. The Kier molecular flexibility index (Phi) is 7.09. The number of likely N-dealkylation sites (tertiary alicyclic amines) is 1. The number of piperidine rings is 1. The zero-order valence-electron chi connectivity index (χ0n) is 18.8. The minimum Gasteiger partial charge on any atom is -0.488 e. The van der Waals surface area contributed by atoms with Crippen molar-refractivity contribution in [3.63, 3.8) is 0 Å². The Morgan fingerprint density at radius 1 is 1.18 bits per heavy atom. The van der Waals surface area contributed by atoms with Gasteiger partial charge in [0, 0.05) is 44.5 Å². The second kappa shape index (κ2) is 9.34. The maximum atomic E-state index is 14.2. The molecule has 1 fully saturated rings. The molecule has 0 saturated carbocycles.